The van der Waals surface area contributed by atoms with E-state index in [2.05, 4.69) is 249 Å². The molecule has 0 saturated heterocycles. The molecule has 0 aliphatic carbocycles. The molecular formula is C72H192Cr12P12Se16+12. The maximum Gasteiger partial charge on any atom is 3.00 e. The molecule has 0 rings (SSSR count). The molecule has 0 aromatic carbocycles. The molecule has 0 aliphatic heterocycles. The van der Waals surface area contributed by atoms with Gasteiger partial charge in [0, 0.05) is 0 Å². The zero-order valence-corrected chi connectivity index (χ0v) is 134. The van der Waals surface area contributed by atoms with Gasteiger partial charge in [-0.2, -0.15) is 0 Å². The van der Waals surface area contributed by atoms with E-state index in [1.54, 1.807) is 0 Å². The van der Waals surface area contributed by atoms with Crippen LogP contribution in [0.4, 0.5) is 0 Å². The summed E-state index contributed by atoms with van der Waals surface area (Å²) in [4.78, 5) is 0. The molecule has 0 N–H and O–H groups in total. The Morgan fingerprint density at radius 3 is 0.0982 bits per heavy atom. The summed E-state index contributed by atoms with van der Waals surface area (Å²) in [6.45, 7) is 83.0. The number of hydrogen-bond donors (Lipinski definition) is 0. The summed E-state index contributed by atoms with van der Waals surface area (Å²) in [5.74, 6) is 0. The second-order valence-corrected chi connectivity index (χ2v) is 65.2. The fraction of sp³-hybridized carbons (Fsp3) is 1.00. The average Bonchev–Trinajstić information content (AvgIpc) is 3.54. The van der Waals surface area contributed by atoms with Crippen molar-refractivity contribution in [1.29, 1.82) is 0 Å². The Labute approximate surface area is 1030 Å². The molecule has 0 spiro atoms. The Kier molecular flexibility index (Phi) is 625. The van der Waals surface area contributed by atoms with Crippen LogP contribution in [-0.2, 0) is 208 Å². The van der Waals surface area contributed by atoms with Gasteiger partial charge in [-0.15, -0.1) is 0 Å². The number of hydrogen-bond acceptors (Lipinski definition) is 0. The monoisotopic (exact) mass is 3330 g/mol. The summed E-state index contributed by atoms with van der Waals surface area (Å²) in [5.41, 5.74) is 0. The molecule has 696 valence electrons. The molecule has 0 aromatic rings. The topological polar surface area (TPSA) is 0 Å². The van der Waals surface area contributed by atoms with Crippen molar-refractivity contribution in [3.63, 3.8) is 0 Å². The smallest absolute Gasteiger partial charge is 2.00 e. The van der Waals surface area contributed by atoms with E-state index in [-0.39, 0.29) is 576 Å². The first-order chi connectivity index (χ1) is 40.2. The van der Waals surface area contributed by atoms with Crippen LogP contribution < -0.4 is 0 Å². The van der Waals surface area contributed by atoms with E-state index in [9.17, 15) is 0 Å². The van der Waals surface area contributed by atoms with E-state index in [1.807, 2.05) is 0 Å². The van der Waals surface area contributed by atoms with Crippen molar-refractivity contribution in [2.75, 3.05) is 222 Å². The zero-order valence-electron chi connectivity index (χ0n) is 78.9. The predicted octanol–water partition coefficient (Wildman–Crippen LogP) is 21.0. The van der Waals surface area contributed by atoms with E-state index in [1.165, 1.54) is 222 Å². The zero-order chi connectivity index (χ0) is 68.4. The first kappa shape index (κ1) is 268. The van der Waals surface area contributed by atoms with E-state index < -0.39 is 0 Å². The van der Waals surface area contributed by atoms with E-state index >= 15 is 0 Å². The molecule has 8 radical (unpaired) electrons. The molecular weight excluding hydrogens is 3120 g/mol. The van der Waals surface area contributed by atoms with Gasteiger partial charge >= 0.3 is 208 Å². The van der Waals surface area contributed by atoms with E-state index in [4.69, 9.17) is 0 Å². The molecule has 0 fully saturated rings. The molecule has 0 aromatic heterocycles. The first-order valence-electron chi connectivity index (χ1n) is 38.2. The van der Waals surface area contributed by atoms with Crippen molar-refractivity contribution in [1.82, 2.24) is 0 Å². The largest absolute Gasteiger partial charge is 3.00 e. The van der Waals surface area contributed by atoms with Gasteiger partial charge in [-0.1, -0.05) is 0 Å². The van der Waals surface area contributed by atoms with Gasteiger partial charge in [-0.05, 0) is 344 Å². The van der Waals surface area contributed by atoms with Crippen LogP contribution in [0.5, 0.6) is 0 Å². The standard InChI is InChI=1S/12C6H15P.12Cr.16Se/c12*1-4-7(5-2)6-3;;;;;;;;;;;;;;;;;;;;;;;;;;;;/h12*4-6H2,1-3H3;;;;;;;;;;;;;;;;;;;;;;;;;;;;/q;;;;;;;;;;;;4*+2;8*+3;16*-2/p+12. The maximum atomic E-state index is 2.31. The summed E-state index contributed by atoms with van der Waals surface area (Å²) in [6.07, 6.45) is 52.4. The van der Waals surface area contributed by atoms with Crippen LogP contribution in [-0.4, -0.2) is 495 Å². The van der Waals surface area contributed by atoms with Crippen molar-refractivity contribution in [2.24, 2.45) is 0 Å². The van der Waals surface area contributed by atoms with E-state index in [0.29, 0.717) is 0 Å². The Hall–Kier alpha value is 19.9. The van der Waals surface area contributed by atoms with Crippen LogP contribution in [0.15, 0.2) is 0 Å². The van der Waals surface area contributed by atoms with Gasteiger partial charge in [0.2, 0.25) is 0 Å². The minimum atomic E-state index is 0. The minimum Gasteiger partial charge on any atom is -2.00 e. The number of rotatable bonds is 36. The predicted molar refractivity (Wildman–Crippen MR) is 571 cm³/mol. The third kappa shape index (κ3) is 256. The molecule has 0 bridgehead atoms. The minimum absolute atomic E-state index is 0. The molecule has 0 aliphatic rings. The Morgan fingerprint density at radius 1 is 0.0804 bits per heavy atom. The van der Waals surface area contributed by atoms with Crippen LogP contribution in [0.3, 0.4) is 0 Å². The van der Waals surface area contributed by atoms with Crippen LogP contribution >= 0.6 is 95.1 Å². The van der Waals surface area contributed by atoms with Crippen molar-refractivity contribution in [3.8, 4) is 0 Å². The van der Waals surface area contributed by atoms with Gasteiger partial charge in [0.15, 0.2) is 0 Å². The fourth-order valence-corrected chi connectivity index (χ4v) is 27.0. The van der Waals surface area contributed by atoms with Gasteiger partial charge in [0.1, 0.15) is 0 Å². The third-order valence-electron chi connectivity index (χ3n) is 18.0. The molecule has 0 saturated carbocycles. The quantitative estimate of drug-likeness (QED) is 0.0433. The molecule has 0 nitrogen and oxygen atoms in total. The summed E-state index contributed by atoms with van der Waals surface area (Å²) in [6, 6.07) is 0. The molecule has 0 atom stereocenters. The Balaban J connectivity index is -0.0000000130. The average molecular weight is 3320 g/mol. The van der Waals surface area contributed by atoms with Crippen molar-refractivity contribution in [3.05, 3.63) is 0 Å². The SMILES string of the molecule is CC[PH+](CC)CC.CC[PH+](CC)CC.CC[PH+](CC)CC.CC[PH+](CC)CC.CC[PH+](CC)CC.CC[PH+](CC)CC.CC[PH+](CC)CC.CC[PH+](CC)CC.CC[PH+](CC)CC.CC[PH+](CC)CC.CC[PH+](CC)CC.CC[PH+](CC)CC.[Cr+2].[Cr+2].[Cr+2].[Cr+2].[Cr+3].[Cr+3].[Cr+3].[Cr+3].[Cr+3].[Cr+3].[Cr+3].[Cr+3].[Se-2].[Se-2].[Se-2].[Se-2].[Se-2].[Se-2].[Se-2].[Se-2].[Se-2].[Se-2].[Se-2].[Se-2].[Se-2].[Se-2].[Se-2].[Se-2]. The molecule has 0 amide bonds. The van der Waals surface area contributed by atoms with Crippen molar-refractivity contribution >= 4 is 368 Å². The Bertz CT molecular complexity index is 684. The molecule has 0 unspecified atom stereocenters. The van der Waals surface area contributed by atoms with Crippen molar-refractivity contribution in [2.45, 2.75) is 249 Å². The molecule has 0 heterocycles. The second-order valence-electron chi connectivity index (χ2n) is 21.7. The van der Waals surface area contributed by atoms with Crippen LogP contribution in [0, 0.1) is 0 Å². The van der Waals surface area contributed by atoms with Crippen LogP contribution in [0.1, 0.15) is 249 Å². The van der Waals surface area contributed by atoms with Gasteiger partial charge in [0.05, 0.1) is 222 Å². The summed E-state index contributed by atoms with van der Waals surface area (Å²) in [7, 11) is 1.65. The van der Waals surface area contributed by atoms with Gasteiger partial charge in [0.25, 0.3) is 0 Å². The van der Waals surface area contributed by atoms with Crippen molar-refractivity contribution < 1.29 is 208 Å². The van der Waals surface area contributed by atoms with Gasteiger partial charge < -0.3 is 273 Å². The molecule has 40 heteroatoms. The summed E-state index contributed by atoms with van der Waals surface area (Å²) in [5, 5.41) is 0. The van der Waals surface area contributed by atoms with E-state index in [0.717, 1.165) is 0 Å². The maximum absolute atomic E-state index is 2.31. The Morgan fingerprint density at radius 2 is 0.0982 bits per heavy atom. The van der Waals surface area contributed by atoms with Gasteiger partial charge in [-0.25, -0.2) is 0 Å². The van der Waals surface area contributed by atoms with Gasteiger partial charge in [-0.3, -0.25) is 0 Å². The fourth-order valence-electron chi connectivity index (χ4n) is 9.00. The first-order valence-corrected chi connectivity index (χ1v) is 63.6. The summed E-state index contributed by atoms with van der Waals surface area (Å²) >= 11 is 0. The summed E-state index contributed by atoms with van der Waals surface area (Å²) < 4.78 is 0. The second kappa shape index (κ2) is 262. The van der Waals surface area contributed by atoms with Crippen LogP contribution in [0.2, 0.25) is 0 Å². The molecule has 112 heavy (non-hydrogen) atoms. The third-order valence-corrected chi connectivity index (χ3v) is 54.0. The van der Waals surface area contributed by atoms with Crippen LogP contribution in [0.25, 0.3) is 0 Å². The normalized spacial score (nSPS) is 7.71.